The summed E-state index contributed by atoms with van der Waals surface area (Å²) in [5.41, 5.74) is 1.94. The maximum Gasteiger partial charge on any atom is 0.124 e. The van der Waals surface area contributed by atoms with Crippen molar-refractivity contribution in [2.75, 3.05) is 13.7 Å². The molecular weight excluding hydrogens is 262 g/mol. The smallest absolute Gasteiger partial charge is 0.124 e. The second kappa shape index (κ2) is 6.08. The first-order valence-electron chi connectivity index (χ1n) is 6.22. The molecule has 0 aliphatic heterocycles. The Labute approximate surface area is 118 Å². The van der Waals surface area contributed by atoms with Crippen LogP contribution in [-0.4, -0.2) is 23.4 Å². The SMILES string of the molecule is CCNC(c1ccn(C)n1)c1cc(Cl)ccc1OC. The molecule has 0 fully saturated rings. The number of hydrogen-bond donors (Lipinski definition) is 1. The van der Waals surface area contributed by atoms with Gasteiger partial charge in [-0.3, -0.25) is 4.68 Å². The number of aryl methyl sites for hydroxylation is 1. The van der Waals surface area contributed by atoms with Crippen molar-refractivity contribution in [3.8, 4) is 5.75 Å². The van der Waals surface area contributed by atoms with Crippen LogP contribution in [0.2, 0.25) is 5.02 Å². The predicted molar refractivity (Wildman–Crippen MR) is 76.7 cm³/mol. The van der Waals surface area contributed by atoms with Gasteiger partial charge in [-0.2, -0.15) is 5.10 Å². The van der Waals surface area contributed by atoms with Crippen molar-refractivity contribution in [3.63, 3.8) is 0 Å². The number of aromatic nitrogens is 2. The quantitative estimate of drug-likeness (QED) is 0.915. The Hall–Kier alpha value is -1.52. The van der Waals surface area contributed by atoms with E-state index in [1.165, 1.54) is 0 Å². The molecule has 5 heteroatoms. The van der Waals surface area contributed by atoms with Gasteiger partial charge >= 0.3 is 0 Å². The van der Waals surface area contributed by atoms with E-state index in [9.17, 15) is 0 Å². The Morgan fingerprint density at radius 3 is 2.79 bits per heavy atom. The van der Waals surface area contributed by atoms with Crippen LogP contribution in [0.4, 0.5) is 0 Å². The number of nitrogens with zero attached hydrogens (tertiary/aromatic N) is 2. The zero-order chi connectivity index (χ0) is 13.8. The maximum absolute atomic E-state index is 6.10. The normalized spacial score (nSPS) is 12.4. The molecule has 1 unspecified atom stereocenters. The van der Waals surface area contributed by atoms with E-state index >= 15 is 0 Å². The Morgan fingerprint density at radius 1 is 1.42 bits per heavy atom. The molecule has 0 radical (unpaired) electrons. The summed E-state index contributed by atoms with van der Waals surface area (Å²) < 4.78 is 7.21. The van der Waals surface area contributed by atoms with Crippen LogP contribution in [0.1, 0.15) is 24.2 Å². The fraction of sp³-hybridized carbons (Fsp3) is 0.357. The van der Waals surface area contributed by atoms with Crippen LogP contribution in [0.5, 0.6) is 5.75 Å². The highest BCUT2D eigenvalue weighted by atomic mass is 35.5. The lowest BCUT2D eigenvalue weighted by Crippen LogP contribution is -2.23. The van der Waals surface area contributed by atoms with E-state index in [1.807, 2.05) is 37.5 Å². The van der Waals surface area contributed by atoms with Gasteiger partial charge in [0.25, 0.3) is 0 Å². The minimum atomic E-state index is -0.0279. The van der Waals surface area contributed by atoms with Crippen molar-refractivity contribution in [2.45, 2.75) is 13.0 Å². The van der Waals surface area contributed by atoms with E-state index in [1.54, 1.807) is 11.8 Å². The van der Waals surface area contributed by atoms with Gasteiger partial charge in [-0.15, -0.1) is 0 Å². The second-order valence-corrected chi connectivity index (χ2v) is 4.73. The molecular formula is C14H18ClN3O. The van der Waals surface area contributed by atoms with E-state index in [2.05, 4.69) is 17.3 Å². The molecule has 1 aromatic heterocycles. The number of ether oxygens (including phenoxy) is 1. The Bertz CT molecular complexity index is 553. The average molecular weight is 280 g/mol. The summed E-state index contributed by atoms with van der Waals surface area (Å²) in [6.45, 7) is 2.89. The average Bonchev–Trinajstić information content (AvgIpc) is 2.82. The molecule has 1 N–H and O–H groups in total. The molecule has 102 valence electrons. The van der Waals surface area contributed by atoms with Crippen LogP contribution in [0.25, 0.3) is 0 Å². The Kier molecular flexibility index (Phi) is 4.45. The van der Waals surface area contributed by atoms with Crippen molar-refractivity contribution in [1.82, 2.24) is 15.1 Å². The summed E-state index contributed by atoms with van der Waals surface area (Å²) in [5.74, 6) is 0.806. The van der Waals surface area contributed by atoms with Crippen LogP contribution >= 0.6 is 11.6 Å². The van der Waals surface area contributed by atoms with Gasteiger partial charge in [0.15, 0.2) is 0 Å². The minimum Gasteiger partial charge on any atom is -0.496 e. The zero-order valence-corrected chi connectivity index (χ0v) is 12.1. The van der Waals surface area contributed by atoms with Crippen LogP contribution in [0.3, 0.4) is 0 Å². The molecule has 1 atom stereocenters. The molecule has 0 amide bonds. The van der Waals surface area contributed by atoms with E-state index in [4.69, 9.17) is 16.3 Å². The lowest BCUT2D eigenvalue weighted by molar-refractivity contribution is 0.403. The summed E-state index contributed by atoms with van der Waals surface area (Å²) >= 11 is 6.10. The molecule has 19 heavy (non-hydrogen) atoms. The summed E-state index contributed by atoms with van der Waals surface area (Å²) in [6.07, 6.45) is 1.93. The van der Waals surface area contributed by atoms with Crippen LogP contribution < -0.4 is 10.1 Å². The second-order valence-electron chi connectivity index (χ2n) is 4.29. The van der Waals surface area contributed by atoms with E-state index in [0.29, 0.717) is 5.02 Å². The molecule has 2 rings (SSSR count). The third kappa shape index (κ3) is 3.08. The highest BCUT2D eigenvalue weighted by Crippen LogP contribution is 2.31. The Morgan fingerprint density at radius 2 is 2.21 bits per heavy atom. The summed E-state index contributed by atoms with van der Waals surface area (Å²) in [4.78, 5) is 0. The van der Waals surface area contributed by atoms with Crippen LogP contribution in [0, 0.1) is 0 Å². The molecule has 4 nitrogen and oxygen atoms in total. The van der Waals surface area contributed by atoms with Crippen molar-refractivity contribution >= 4 is 11.6 Å². The number of halogens is 1. The van der Waals surface area contributed by atoms with E-state index in [0.717, 1.165) is 23.6 Å². The third-order valence-electron chi connectivity index (χ3n) is 2.94. The Balaban J connectivity index is 2.46. The maximum atomic E-state index is 6.10. The van der Waals surface area contributed by atoms with Gasteiger partial charge in [-0.25, -0.2) is 0 Å². The van der Waals surface area contributed by atoms with Gasteiger partial charge in [-0.05, 0) is 30.8 Å². The fourth-order valence-electron chi connectivity index (χ4n) is 2.10. The standard InChI is InChI=1S/C14H18ClN3O/c1-4-16-14(12-7-8-18(2)17-12)11-9-10(15)5-6-13(11)19-3/h5-9,14,16H,4H2,1-3H3. The van der Waals surface area contributed by atoms with Gasteiger partial charge in [0, 0.05) is 23.8 Å². The molecule has 0 spiro atoms. The topological polar surface area (TPSA) is 39.1 Å². The lowest BCUT2D eigenvalue weighted by Gasteiger charge is -2.19. The molecule has 2 aromatic rings. The first-order valence-corrected chi connectivity index (χ1v) is 6.60. The third-order valence-corrected chi connectivity index (χ3v) is 3.18. The summed E-state index contributed by atoms with van der Waals surface area (Å²) in [5, 5.41) is 8.57. The largest absolute Gasteiger partial charge is 0.496 e. The minimum absolute atomic E-state index is 0.0279. The van der Waals surface area contributed by atoms with E-state index < -0.39 is 0 Å². The van der Waals surface area contributed by atoms with Gasteiger partial charge in [0.05, 0.1) is 18.8 Å². The van der Waals surface area contributed by atoms with Gasteiger partial charge in [-0.1, -0.05) is 18.5 Å². The van der Waals surface area contributed by atoms with Crippen LogP contribution in [0.15, 0.2) is 30.5 Å². The molecule has 1 aromatic carbocycles. The number of benzene rings is 1. The van der Waals surface area contributed by atoms with E-state index in [-0.39, 0.29) is 6.04 Å². The molecule has 0 aliphatic carbocycles. The van der Waals surface area contributed by atoms with Crippen LogP contribution in [-0.2, 0) is 7.05 Å². The first-order chi connectivity index (χ1) is 9.15. The van der Waals surface area contributed by atoms with Gasteiger partial charge < -0.3 is 10.1 Å². The van der Waals surface area contributed by atoms with Gasteiger partial charge in [0.2, 0.25) is 0 Å². The number of hydrogen-bond acceptors (Lipinski definition) is 3. The summed E-state index contributed by atoms with van der Waals surface area (Å²) in [7, 11) is 3.57. The lowest BCUT2D eigenvalue weighted by atomic mass is 10.0. The first kappa shape index (κ1) is 13.9. The number of nitrogens with one attached hydrogen (secondary N) is 1. The predicted octanol–water partition coefficient (Wildman–Crippen LogP) is 2.78. The molecule has 1 heterocycles. The van der Waals surface area contributed by atoms with Crippen molar-refractivity contribution < 1.29 is 4.74 Å². The molecule has 0 aliphatic rings. The molecule has 0 bridgehead atoms. The van der Waals surface area contributed by atoms with Crippen molar-refractivity contribution in [2.24, 2.45) is 7.05 Å². The highest BCUT2D eigenvalue weighted by molar-refractivity contribution is 6.30. The highest BCUT2D eigenvalue weighted by Gasteiger charge is 2.20. The monoisotopic (exact) mass is 279 g/mol. The number of methoxy groups -OCH3 is 1. The van der Waals surface area contributed by atoms with Gasteiger partial charge in [0.1, 0.15) is 5.75 Å². The number of rotatable bonds is 5. The zero-order valence-electron chi connectivity index (χ0n) is 11.4. The molecule has 0 saturated heterocycles. The fourth-order valence-corrected chi connectivity index (χ4v) is 2.28. The van der Waals surface area contributed by atoms with Crippen molar-refractivity contribution in [1.29, 1.82) is 0 Å². The summed E-state index contributed by atoms with van der Waals surface area (Å²) in [6, 6.07) is 7.59. The van der Waals surface area contributed by atoms with Crippen molar-refractivity contribution in [3.05, 3.63) is 46.7 Å². The molecule has 0 saturated carbocycles.